The highest BCUT2D eigenvalue weighted by Gasteiger charge is 2.40. The smallest absolute Gasteiger partial charge is 0.227 e. The van der Waals surface area contributed by atoms with Gasteiger partial charge in [0.1, 0.15) is 0 Å². The molecule has 4 heteroatoms. The van der Waals surface area contributed by atoms with Crippen LogP contribution in [0.25, 0.3) is 0 Å². The molecule has 0 saturated heterocycles. The highest BCUT2D eigenvalue weighted by Crippen LogP contribution is 2.38. The number of amides is 1. The first kappa shape index (κ1) is 15.8. The van der Waals surface area contributed by atoms with E-state index in [1.165, 1.54) is 6.42 Å². The predicted octanol–water partition coefficient (Wildman–Crippen LogP) is 1.95. The van der Waals surface area contributed by atoms with E-state index in [0.29, 0.717) is 19.0 Å². The Labute approximate surface area is 122 Å². The molecule has 2 aliphatic rings. The van der Waals surface area contributed by atoms with Gasteiger partial charge in [0.15, 0.2) is 0 Å². The van der Waals surface area contributed by atoms with E-state index in [0.717, 1.165) is 51.4 Å². The fourth-order valence-corrected chi connectivity index (χ4v) is 3.66. The summed E-state index contributed by atoms with van der Waals surface area (Å²) >= 11 is 0. The van der Waals surface area contributed by atoms with Crippen LogP contribution in [-0.4, -0.2) is 29.7 Å². The highest BCUT2D eigenvalue weighted by atomic mass is 16.3. The zero-order valence-electron chi connectivity index (χ0n) is 12.8. The molecule has 2 saturated carbocycles. The molecule has 1 amide bonds. The number of nitrogens with one attached hydrogen (secondary N) is 1. The molecule has 2 rings (SSSR count). The maximum atomic E-state index is 12.5. The zero-order valence-corrected chi connectivity index (χ0v) is 12.8. The van der Waals surface area contributed by atoms with Gasteiger partial charge in [-0.05, 0) is 44.4 Å². The van der Waals surface area contributed by atoms with Gasteiger partial charge in [-0.2, -0.15) is 0 Å². The van der Waals surface area contributed by atoms with Crippen molar-refractivity contribution in [3.63, 3.8) is 0 Å². The molecule has 0 unspecified atom stereocenters. The quantitative estimate of drug-likeness (QED) is 0.738. The minimum atomic E-state index is -0.689. The lowest BCUT2D eigenvalue weighted by Crippen LogP contribution is -2.52. The Bertz CT molecular complexity index is 329. The van der Waals surface area contributed by atoms with Gasteiger partial charge < -0.3 is 16.2 Å². The van der Waals surface area contributed by atoms with Crippen LogP contribution in [0.2, 0.25) is 0 Å². The van der Waals surface area contributed by atoms with E-state index < -0.39 is 11.0 Å². The Morgan fingerprint density at radius 2 is 1.80 bits per heavy atom. The molecule has 4 nitrogen and oxygen atoms in total. The van der Waals surface area contributed by atoms with Crippen LogP contribution in [0, 0.1) is 11.3 Å². The van der Waals surface area contributed by atoms with Crippen LogP contribution >= 0.6 is 0 Å². The Balaban J connectivity index is 1.89. The van der Waals surface area contributed by atoms with Crippen LogP contribution in [0.15, 0.2) is 0 Å². The Hall–Kier alpha value is -0.610. The molecule has 0 aliphatic heterocycles. The zero-order chi connectivity index (χ0) is 14.6. The number of carbonyl (C=O) groups excluding carboxylic acids is 1. The van der Waals surface area contributed by atoms with Crippen LogP contribution in [0.3, 0.4) is 0 Å². The standard InChI is InChI=1S/C16H30N2O2/c1-13-5-9-15(11-17,10-6-13)14(19)18-12-16(20)7-3-2-4-8-16/h13,20H,2-12,17H2,1H3,(H,18,19). The van der Waals surface area contributed by atoms with Gasteiger partial charge in [-0.15, -0.1) is 0 Å². The van der Waals surface area contributed by atoms with Crippen LogP contribution in [0.1, 0.15) is 64.7 Å². The third-order valence-electron chi connectivity index (χ3n) is 5.47. The summed E-state index contributed by atoms with van der Waals surface area (Å²) in [6.45, 7) is 3.05. The Morgan fingerprint density at radius 1 is 1.20 bits per heavy atom. The molecule has 0 spiro atoms. The van der Waals surface area contributed by atoms with Crippen LogP contribution in [0.5, 0.6) is 0 Å². The van der Waals surface area contributed by atoms with E-state index in [-0.39, 0.29) is 5.91 Å². The van der Waals surface area contributed by atoms with Gasteiger partial charge in [0, 0.05) is 13.1 Å². The van der Waals surface area contributed by atoms with Crippen molar-refractivity contribution in [3.05, 3.63) is 0 Å². The van der Waals surface area contributed by atoms with Crippen LogP contribution in [-0.2, 0) is 4.79 Å². The summed E-state index contributed by atoms with van der Waals surface area (Å²) in [7, 11) is 0. The molecular formula is C16H30N2O2. The fourth-order valence-electron chi connectivity index (χ4n) is 3.66. The SMILES string of the molecule is CC1CCC(CN)(C(=O)NCC2(O)CCCCC2)CC1. The summed E-state index contributed by atoms with van der Waals surface area (Å²) in [5, 5.41) is 13.5. The van der Waals surface area contributed by atoms with Crippen LogP contribution in [0.4, 0.5) is 0 Å². The van der Waals surface area contributed by atoms with Crippen molar-refractivity contribution in [2.24, 2.45) is 17.1 Å². The second-order valence-corrected chi connectivity index (χ2v) is 7.13. The van der Waals surface area contributed by atoms with E-state index in [1.807, 2.05) is 0 Å². The van der Waals surface area contributed by atoms with Gasteiger partial charge in [0.25, 0.3) is 0 Å². The molecule has 4 N–H and O–H groups in total. The van der Waals surface area contributed by atoms with Crippen molar-refractivity contribution < 1.29 is 9.90 Å². The van der Waals surface area contributed by atoms with Crippen molar-refractivity contribution in [1.29, 1.82) is 0 Å². The van der Waals surface area contributed by atoms with E-state index in [9.17, 15) is 9.90 Å². The van der Waals surface area contributed by atoms with Gasteiger partial charge >= 0.3 is 0 Å². The summed E-state index contributed by atoms with van der Waals surface area (Å²) in [6, 6.07) is 0. The number of hydrogen-bond donors (Lipinski definition) is 3. The van der Waals surface area contributed by atoms with Gasteiger partial charge in [0.05, 0.1) is 11.0 Å². The maximum Gasteiger partial charge on any atom is 0.227 e. The molecule has 116 valence electrons. The van der Waals surface area contributed by atoms with Crippen molar-refractivity contribution >= 4 is 5.91 Å². The van der Waals surface area contributed by atoms with E-state index in [1.54, 1.807) is 0 Å². The first-order chi connectivity index (χ1) is 9.50. The third kappa shape index (κ3) is 3.53. The molecule has 0 heterocycles. The molecule has 0 radical (unpaired) electrons. The van der Waals surface area contributed by atoms with E-state index >= 15 is 0 Å². The van der Waals surface area contributed by atoms with Gasteiger partial charge in [0.2, 0.25) is 5.91 Å². The average molecular weight is 282 g/mol. The highest BCUT2D eigenvalue weighted by molar-refractivity contribution is 5.83. The minimum Gasteiger partial charge on any atom is -0.388 e. The van der Waals surface area contributed by atoms with Crippen molar-refractivity contribution in [2.75, 3.05) is 13.1 Å². The lowest BCUT2D eigenvalue weighted by molar-refractivity contribution is -0.134. The summed E-state index contributed by atoms with van der Waals surface area (Å²) < 4.78 is 0. The fraction of sp³-hybridized carbons (Fsp3) is 0.938. The maximum absolute atomic E-state index is 12.5. The van der Waals surface area contributed by atoms with E-state index in [4.69, 9.17) is 5.73 Å². The van der Waals surface area contributed by atoms with Gasteiger partial charge in [-0.1, -0.05) is 26.2 Å². The van der Waals surface area contributed by atoms with Crippen molar-refractivity contribution in [3.8, 4) is 0 Å². The summed E-state index contributed by atoms with van der Waals surface area (Å²) in [5.74, 6) is 0.760. The number of rotatable bonds is 4. The van der Waals surface area contributed by atoms with Crippen molar-refractivity contribution in [2.45, 2.75) is 70.3 Å². The van der Waals surface area contributed by atoms with Gasteiger partial charge in [-0.3, -0.25) is 4.79 Å². The summed E-state index contributed by atoms with van der Waals surface area (Å²) in [4.78, 5) is 12.5. The summed E-state index contributed by atoms with van der Waals surface area (Å²) in [6.07, 6.45) is 8.85. The monoisotopic (exact) mass is 282 g/mol. The second kappa shape index (κ2) is 6.44. The first-order valence-electron chi connectivity index (χ1n) is 8.20. The van der Waals surface area contributed by atoms with Crippen LogP contribution < -0.4 is 11.1 Å². The normalized spacial score (nSPS) is 33.6. The number of carbonyl (C=O) groups is 1. The number of hydrogen-bond acceptors (Lipinski definition) is 3. The minimum absolute atomic E-state index is 0.0610. The van der Waals surface area contributed by atoms with Crippen molar-refractivity contribution in [1.82, 2.24) is 5.32 Å². The lowest BCUT2D eigenvalue weighted by Gasteiger charge is -2.39. The van der Waals surface area contributed by atoms with E-state index in [2.05, 4.69) is 12.2 Å². The predicted molar refractivity (Wildman–Crippen MR) is 80.2 cm³/mol. The molecule has 2 fully saturated rings. The molecular weight excluding hydrogens is 252 g/mol. The number of nitrogens with two attached hydrogens (primary N) is 1. The average Bonchev–Trinajstić information content (AvgIpc) is 2.47. The molecule has 0 aromatic rings. The second-order valence-electron chi connectivity index (χ2n) is 7.13. The Kier molecular flexibility index (Phi) is 5.08. The molecule has 0 aromatic carbocycles. The third-order valence-corrected chi connectivity index (χ3v) is 5.47. The lowest BCUT2D eigenvalue weighted by atomic mass is 9.70. The molecule has 0 bridgehead atoms. The number of aliphatic hydroxyl groups is 1. The molecule has 2 aliphatic carbocycles. The summed E-state index contributed by atoms with van der Waals surface area (Å²) in [5.41, 5.74) is 4.82. The Morgan fingerprint density at radius 3 is 2.35 bits per heavy atom. The molecule has 0 aromatic heterocycles. The first-order valence-corrected chi connectivity index (χ1v) is 8.20. The topological polar surface area (TPSA) is 75.4 Å². The molecule has 20 heavy (non-hydrogen) atoms. The van der Waals surface area contributed by atoms with Gasteiger partial charge in [-0.25, -0.2) is 0 Å². The largest absolute Gasteiger partial charge is 0.388 e. The molecule has 0 atom stereocenters.